The molecule has 1 amide bonds. The van der Waals surface area contributed by atoms with E-state index in [-0.39, 0.29) is 11.9 Å². The Bertz CT molecular complexity index is 864. The van der Waals surface area contributed by atoms with Gasteiger partial charge in [-0.3, -0.25) is 4.79 Å². The van der Waals surface area contributed by atoms with Gasteiger partial charge in [0.1, 0.15) is 0 Å². The van der Waals surface area contributed by atoms with Crippen molar-refractivity contribution >= 4 is 5.91 Å². The molecule has 2 aliphatic carbocycles. The lowest BCUT2D eigenvalue weighted by Gasteiger charge is -2.34. The van der Waals surface area contributed by atoms with E-state index in [0.29, 0.717) is 23.0 Å². The van der Waals surface area contributed by atoms with Gasteiger partial charge in [0.2, 0.25) is 0 Å². The number of nitrogens with zero attached hydrogens (tertiary/aromatic N) is 3. The Labute approximate surface area is 162 Å². The highest BCUT2D eigenvalue weighted by molar-refractivity contribution is 5.95. The van der Waals surface area contributed by atoms with Crippen molar-refractivity contribution in [2.24, 2.45) is 0 Å². The summed E-state index contributed by atoms with van der Waals surface area (Å²) in [5, 5.41) is 4.24. The minimum absolute atomic E-state index is 0.0369. The fraction of sp³-hybridized carbons (Fsp3) is 0.524. The lowest BCUT2D eigenvalue weighted by molar-refractivity contribution is -0.137. The fourth-order valence-electron chi connectivity index (χ4n) is 4.17. The van der Waals surface area contributed by atoms with Gasteiger partial charge in [-0.25, -0.2) is 4.68 Å². The van der Waals surface area contributed by atoms with Crippen LogP contribution in [0.1, 0.15) is 66.6 Å². The smallest absolute Gasteiger partial charge is 0.333 e. The van der Waals surface area contributed by atoms with Crippen LogP contribution >= 0.6 is 0 Å². The molecular formula is C21H24F3N3O. The number of aromatic nitrogens is 2. The SMILES string of the molecule is Cc1c(C(=O)N(C2CCCCC2)C2CC2)cnn1-c1cccc(C(F)(F)F)c1. The van der Waals surface area contributed by atoms with Gasteiger partial charge in [-0.1, -0.05) is 25.3 Å². The zero-order valence-electron chi connectivity index (χ0n) is 15.9. The van der Waals surface area contributed by atoms with Crippen LogP contribution in [-0.4, -0.2) is 32.7 Å². The second-order valence-corrected chi connectivity index (χ2v) is 7.84. The molecule has 28 heavy (non-hydrogen) atoms. The fourth-order valence-corrected chi connectivity index (χ4v) is 4.17. The highest BCUT2D eigenvalue weighted by Gasteiger charge is 2.39. The number of alkyl halides is 3. The number of rotatable bonds is 4. The van der Waals surface area contributed by atoms with Crippen molar-refractivity contribution < 1.29 is 18.0 Å². The third-order valence-corrected chi connectivity index (χ3v) is 5.80. The van der Waals surface area contributed by atoms with E-state index in [0.717, 1.165) is 50.7 Å². The van der Waals surface area contributed by atoms with Crippen LogP contribution in [0, 0.1) is 6.92 Å². The second kappa shape index (κ2) is 7.26. The summed E-state index contributed by atoms with van der Waals surface area (Å²) in [6.07, 6.45) is 4.71. The van der Waals surface area contributed by atoms with Gasteiger partial charge < -0.3 is 4.90 Å². The number of carbonyl (C=O) groups excluding carboxylic acids is 1. The molecule has 1 aromatic carbocycles. The molecule has 2 saturated carbocycles. The van der Waals surface area contributed by atoms with Gasteiger partial charge in [-0.05, 0) is 50.8 Å². The average molecular weight is 391 g/mol. The van der Waals surface area contributed by atoms with E-state index >= 15 is 0 Å². The van der Waals surface area contributed by atoms with E-state index in [1.807, 2.05) is 4.90 Å². The maximum Gasteiger partial charge on any atom is 0.416 e. The lowest BCUT2D eigenvalue weighted by Crippen LogP contribution is -2.43. The van der Waals surface area contributed by atoms with E-state index in [1.165, 1.54) is 23.4 Å². The molecule has 0 atom stereocenters. The van der Waals surface area contributed by atoms with Crippen molar-refractivity contribution in [1.82, 2.24) is 14.7 Å². The first-order valence-corrected chi connectivity index (χ1v) is 9.91. The lowest BCUT2D eigenvalue weighted by atomic mass is 9.93. The molecule has 1 heterocycles. The minimum Gasteiger partial charge on any atom is -0.333 e. The van der Waals surface area contributed by atoms with Crippen LogP contribution in [0.5, 0.6) is 0 Å². The minimum atomic E-state index is -4.42. The van der Waals surface area contributed by atoms with Gasteiger partial charge in [-0.15, -0.1) is 0 Å². The molecule has 0 spiro atoms. The van der Waals surface area contributed by atoms with E-state index in [9.17, 15) is 18.0 Å². The zero-order valence-corrected chi connectivity index (χ0v) is 15.9. The highest BCUT2D eigenvalue weighted by atomic mass is 19.4. The predicted molar refractivity (Wildman–Crippen MR) is 99.4 cm³/mol. The normalized spacial score (nSPS) is 18.3. The summed E-state index contributed by atoms with van der Waals surface area (Å²) in [6, 6.07) is 5.60. The summed E-state index contributed by atoms with van der Waals surface area (Å²) >= 11 is 0. The molecule has 150 valence electrons. The van der Waals surface area contributed by atoms with Gasteiger partial charge in [0.25, 0.3) is 5.91 Å². The maximum absolute atomic E-state index is 13.3. The van der Waals surface area contributed by atoms with Crippen LogP contribution in [0.3, 0.4) is 0 Å². The molecule has 2 aromatic rings. The summed E-state index contributed by atoms with van der Waals surface area (Å²) in [7, 11) is 0. The van der Waals surface area contributed by atoms with Gasteiger partial charge in [0, 0.05) is 12.1 Å². The van der Waals surface area contributed by atoms with Crippen molar-refractivity contribution in [2.45, 2.75) is 70.1 Å². The molecule has 0 aliphatic heterocycles. The molecule has 7 heteroatoms. The Hall–Kier alpha value is -2.31. The topological polar surface area (TPSA) is 38.1 Å². The van der Waals surface area contributed by atoms with Gasteiger partial charge in [0.15, 0.2) is 0 Å². The third kappa shape index (κ3) is 3.66. The Kier molecular flexibility index (Phi) is 4.93. The Morgan fingerprint density at radius 3 is 2.43 bits per heavy atom. The first-order valence-electron chi connectivity index (χ1n) is 9.91. The quantitative estimate of drug-likeness (QED) is 0.724. The van der Waals surface area contributed by atoms with Crippen molar-refractivity contribution in [3.05, 3.63) is 47.3 Å². The number of hydrogen-bond donors (Lipinski definition) is 0. The highest BCUT2D eigenvalue weighted by Crippen LogP contribution is 2.36. The molecule has 2 aliphatic rings. The summed E-state index contributed by atoms with van der Waals surface area (Å²) in [6.45, 7) is 1.74. The largest absolute Gasteiger partial charge is 0.416 e. The van der Waals surface area contributed by atoms with Crippen LogP contribution in [0.15, 0.2) is 30.5 Å². The summed E-state index contributed by atoms with van der Waals surface area (Å²) in [5.41, 5.74) is 0.636. The van der Waals surface area contributed by atoms with E-state index in [1.54, 1.807) is 13.0 Å². The Morgan fingerprint density at radius 1 is 1.11 bits per heavy atom. The van der Waals surface area contributed by atoms with Gasteiger partial charge >= 0.3 is 6.18 Å². The van der Waals surface area contributed by atoms with Crippen molar-refractivity contribution in [1.29, 1.82) is 0 Å². The second-order valence-electron chi connectivity index (χ2n) is 7.84. The number of benzene rings is 1. The molecule has 0 unspecified atom stereocenters. The van der Waals surface area contributed by atoms with Gasteiger partial charge in [0.05, 0.1) is 28.7 Å². The van der Waals surface area contributed by atoms with Crippen LogP contribution in [-0.2, 0) is 6.18 Å². The molecule has 4 rings (SSSR count). The van der Waals surface area contributed by atoms with Crippen molar-refractivity contribution in [3.63, 3.8) is 0 Å². The molecule has 0 N–H and O–H groups in total. The maximum atomic E-state index is 13.3. The van der Waals surface area contributed by atoms with Crippen molar-refractivity contribution in [3.8, 4) is 5.69 Å². The number of halogens is 3. The zero-order chi connectivity index (χ0) is 19.9. The van der Waals surface area contributed by atoms with Crippen molar-refractivity contribution in [2.75, 3.05) is 0 Å². The molecule has 0 saturated heterocycles. The third-order valence-electron chi connectivity index (χ3n) is 5.80. The number of hydrogen-bond acceptors (Lipinski definition) is 2. The first-order chi connectivity index (χ1) is 13.4. The summed E-state index contributed by atoms with van der Waals surface area (Å²) in [5.74, 6) is -0.0369. The van der Waals surface area contributed by atoms with E-state index in [2.05, 4.69) is 5.10 Å². The molecule has 2 fully saturated rings. The molecule has 1 aromatic heterocycles. The average Bonchev–Trinajstić information content (AvgIpc) is 3.43. The van der Waals surface area contributed by atoms with Crippen LogP contribution in [0.4, 0.5) is 13.2 Å². The molecule has 0 radical (unpaired) electrons. The summed E-state index contributed by atoms with van der Waals surface area (Å²) in [4.78, 5) is 15.3. The predicted octanol–water partition coefficient (Wildman–Crippen LogP) is 5.14. The molecule has 4 nitrogen and oxygen atoms in total. The van der Waals surface area contributed by atoms with Crippen LogP contribution in [0.25, 0.3) is 5.69 Å². The summed E-state index contributed by atoms with van der Waals surface area (Å²) < 4.78 is 40.5. The van der Waals surface area contributed by atoms with E-state index < -0.39 is 11.7 Å². The molecular weight excluding hydrogens is 367 g/mol. The van der Waals surface area contributed by atoms with Crippen LogP contribution < -0.4 is 0 Å². The Morgan fingerprint density at radius 2 is 1.79 bits per heavy atom. The van der Waals surface area contributed by atoms with E-state index in [4.69, 9.17) is 0 Å². The number of carbonyl (C=O) groups is 1. The van der Waals surface area contributed by atoms with Crippen LogP contribution in [0.2, 0.25) is 0 Å². The molecule has 0 bridgehead atoms. The number of amides is 1. The van der Waals surface area contributed by atoms with Gasteiger partial charge in [-0.2, -0.15) is 18.3 Å². The standard InChI is InChI=1S/C21H24F3N3O/c1-14-19(20(28)26(17-10-11-17)16-7-3-2-4-8-16)13-25-27(14)18-9-5-6-15(12-18)21(22,23)24/h5-6,9,12-13,16-17H,2-4,7-8,10-11H2,1H3. The monoisotopic (exact) mass is 391 g/mol. The first kappa shape index (κ1) is 19.0. The Balaban J connectivity index is 1.63.